The van der Waals surface area contributed by atoms with Crippen LogP contribution in [-0.2, 0) is 26.2 Å². The van der Waals surface area contributed by atoms with Gasteiger partial charge in [0, 0.05) is 13.1 Å². The number of sulfonamides is 1. The molecule has 0 saturated heterocycles. The predicted octanol–water partition coefficient (Wildman–Crippen LogP) is 4.37. The van der Waals surface area contributed by atoms with Gasteiger partial charge in [0.2, 0.25) is 11.8 Å². The van der Waals surface area contributed by atoms with Crippen LogP contribution >= 0.6 is 0 Å². The van der Waals surface area contributed by atoms with Gasteiger partial charge in [-0.25, -0.2) is 12.8 Å². The maximum absolute atomic E-state index is 13.9. The van der Waals surface area contributed by atoms with E-state index in [9.17, 15) is 22.4 Å². The van der Waals surface area contributed by atoms with Gasteiger partial charge in [0.25, 0.3) is 10.0 Å². The lowest BCUT2D eigenvalue weighted by Crippen LogP contribution is -2.51. The largest absolute Gasteiger partial charge is 0.497 e. The molecule has 0 saturated carbocycles. The summed E-state index contributed by atoms with van der Waals surface area (Å²) in [4.78, 5) is 28.1. The molecular formula is C30H36FN3O6S. The zero-order valence-electron chi connectivity index (χ0n) is 23.7. The van der Waals surface area contributed by atoms with Crippen LogP contribution in [0.15, 0.2) is 77.7 Å². The van der Waals surface area contributed by atoms with Crippen LogP contribution in [-0.4, -0.2) is 58.0 Å². The smallest absolute Gasteiger partial charge is 0.264 e. The number of ether oxygens (including phenoxy) is 2. The highest BCUT2D eigenvalue weighted by molar-refractivity contribution is 7.92. The number of amides is 2. The molecule has 0 aliphatic heterocycles. The summed E-state index contributed by atoms with van der Waals surface area (Å²) >= 11 is 0. The summed E-state index contributed by atoms with van der Waals surface area (Å²) in [6.07, 6.45) is 0.712. The second-order valence-corrected chi connectivity index (χ2v) is 11.1. The Balaban J connectivity index is 2.00. The summed E-state index contributed by atoms with van der Waals surface area (Å²) in [5.41, 5.74) is 0.818. The lowest BCUT2D eigenvalue weighted by Gasteiger charge is -2.32. The van der Waals surface area contributed by atoms with E-state index in [1.807, 2.05) is 13.8 Å². The number of hydrogen-bond donors (Lipinski definition) is 1. The summed E-state index contributed by atoms with van der Waals surface area (Å²) in [6.45, 7) is 5.59. The number of hydrogen-bond acceptors (Lipinski definition) is 6. The Kier molecular flexibility index (Phi) is 11.1. The minimum absolute atomic E-state index is 0.0455. The summed E-state index contributed by atoms with van der Waals surface area (Å²) in [5.74, 6) is -0.409. The molecule has 3 aromatic rings. The number of anilines is 1. The van der Waals surface area contributed by atoms with Crippen molar-refractivity contribution in [1.29, 1.82) is 0 Å². The summed E-state index contributed by atoms with van der Waals surface area (Å²) in [7, 11) is -2.74. The van der Waals surface area contributed by atoms with E-state index in [4.69, 9.17) is 9.47 Å². The molecule has 0 unspecified atom stereocenters. The summed E-state index contributed by atoms with van der Waals surface area (Å²) < 4.78 is 53.0. The minimum atomic E-state index is -4.28. The Hall–Kier alpha value is -4.12. The van der Waals surface area contributed by atoms with Crippen LogP contribution in [0.2, 0.25) is 0 Å². The van der Waals surface area contributed by atoms with Crippen molar-refractivity contribution >= 4 is 27.5 Å². The van der Waals surface area contributed by atoms with Gasteiger partial charge in [-0.1, -0.05) is 19.1 Å². The summed E-state index contributed by atoms with van der Waals surface area (Å²) in [5, 5.41) is 2.80. The highest BCUT2D eigenvalue weighted by Gasteiger charge is 2.32. The Labute approximate surface area is 240 Å². The molecular weight excluding hydrogens is 549 g/mol. The van der Waals surface area contributed by atoms with Gasteiger partial charge in [-0.15, -0.1) is 0 Å². The van der Waals surface area contributed by atoms with Crippen LogP contribution in [0.1, 0.15) is 32.8 Å². The van der Waals surface area contributed by atoms with Gasteiger partial charge in [0.05, 0.1) is 24.3 Å². The molecule has 220 valence electrons. The third kappa shape index (κ3) is 8.20. The monoisotopic (exact) mass is 585 g/mol. The predicted molar refractivity (Wildman–Crippen MR) is 155 cm³/mol. The Morgan fingerprint density at radius 3 is 2.10 bits per heavy atom. The van der Waals surface area contributed by atoms with Crippen LogP contribution in [0.4, 0.5) is 10.1 Å². The van der Waals surface area contributed by atoms with Crippen molar-refractivity contribution in [2.24, 2.45) is 0 Å². The quantitative estimate of drug-likeness (QED) is 0.301. The highest BCUT2D eigenvalue weighted by atomic mass is 32.2. The minimum Gasteiger partial charge on any atom is -0.497 e. The van der Waals surface area contributed by atoms with E-state index < -0.39 is 34.3 Å². The lowest BCUT2D eigenvalue weighted by atomic mass is 10.1. The fraction of sp³-hybridized carbons (Fsp3) is 0.333. The van der Waals surface area contributed by atoms with Gasteiger partial charge in [-0.2, -0.15) is 0 Å². The van der Waals surface area contributed by atoms with E-state index in [1.54, 1.807) is 38.3 Å². The SMILES string of the molecule is CCCNC(=O)[C@@H](C)N(Cc1ccc(OC)cc1)C(=O)CN(c1ccc(F)cc1)S(=O)(=O)c1ccc(OCC)cc1. The molecule has 0 bridgehead atoms. The molecule has 11 heteroatoms. The molecule has 9 nitrogen and oxygen atoms in total. The van der Waals surface area contributed by atoms with Gasteiger partial charge < -0.3 is 19.7 Å². The normalized spacial score (nSPS) is 11.8. The summed E-state index contributed by atoms with van der Waals surface area (Å²) in [6, 6.07) is 16.8. The van der Waals surface area contributed by atoms with Crippen LogP contribution in [0.5, 0.6) is 11.5 Å². The number of nitrogens with zero attached hydrogens (tertiary/aromatic N) is 2. The molecule has 3 aromatic carbocycles. The number of methoxy groups -OCH3 is 1. The number of rotatable bonds is 14. The molecule has 41 heavy (non-hydrogen) atoms. The van der Waals surface area contributed by atoms with Crippen molar-refractivity contribution in [3.63, 3.8) is 0 Å². The van der Waals surface area contributed by atoms with Crippen molar-refractivity contribution in [2.45, 2.75) is 44.7 Å². The molecule has 0 radical (unpaired) electrons. The fourth-order valence-corrected chi connectivity index (χ4v) is 5.46. The van der Waals surface area contributed by atoms with Crippen LogP contribution in [0.25, 0.3) is 0 Å². The molecule has 0 fully saturated rings. The lowest BCUT2D eigenvalue weighted by molar-refractivity contribution is -0.139. The first kappa shape index (κ1) is 31.4. The second kappa shape index (κ2) is 14.5. The first-order valence-corrected chi connectivity index (χ1v) is 14.8. The zero-order valence-corrected chi connectivity index (χ0v) is 24.5. The molecule has 1 N–H and O–H groups in total. The Morgan fingerprint density at radius 1 is 0.927 bits per heavy atom. The first-order valence-electron chi connectivity index (χ1n) is 13.3. The van der Waals surface area contributed by atoms with Gasteiger partial charge in [0.15, 0.2) is 0 Å². The molecule has 0 aromatic heterocycles. The van der Waals surface area contributed by atoms with Crippen LogP contribution in [0, 0.1) is 5.82 Å². The number of benzene rings is 3. The van der Waals surface area contributed by atoms with E-state index in [0.29, 0.717) is 31.1 Å². The van der Waals surface area contributed by atoms with E-state index in [0.717, 1.165) is 22.0 Å². The average Bonchev–Trinajstić information content (AvgIpc) is 2.98. The van der Waals surface area contributed by atoms with E-state index >= 15 is 0 Å². The Bertz CT molecular complexity index is 1400. The number of halogens is 1. The van der Waals surface area contributed by atoms with Crippen LogP contribution in [0.3, 0.4) is 0 Å². The van der Waals surface area contributed by atoms with Crippen molar-refractivity contribution in [3.8, 4) is 11.5 Å². The van der Waals surface area contributed by atoms with Gasteiger partial charge in [-0.05, 0) is 86.5 Å². The Morgan fingerprint density at radius 2 is 1.54 bits per heavy atom. The number of nitrogens with one attached hydrogen (secondary N) is 1. The molecule has 0 aliphatic carbocycles. The standard InChI is InChI=1S/C30H36FN3O6S/c1-5-19-32-30(36)22(3)33(20-23-7-13-26(39-4)14-8-23)29(35)21-34(25-11-9-24(31)10-12-25)41(37,38)28-17-15-27(16-18-28)40-6-2/h7-18,22H,5-6,19-21H2,1-4H3,(H,32,36)/t22-/m1/s1. The van der Waals surface area contributed by atoms with E-state index in [1.165, 1.54) is 41.3 Å². The maximum Gasteiger partial charge on any atom is 0.264 e. The third-order valence-corrected chi connectivity index (χ3v) is 8.13. The van der Waals surface area contributed by atoms with Gasteiger partial charge in [-0.3, -0.25) is 13.9 Å². The zero-order chi connectivity index (χ0) is 30.0. The first-order chi connectivity index (χ1) is 19.6. The van der Waals surface area contributed by atoms with Gasteiger partial charge in [0.1, 0.15) is 29.9 Å². The molecule has 3 rings (SSSR count). The topological polar surface area (TPSA) is 105 Å². The van der Waals surface area contributed by atoms with E-state index in [-0.39, 0.29) is 23.0 Å². The maximum atomic E-state index is 13.9. The van der Waals surface area contributed by atoms with Crippen molar-refractivity contribution < 1.29 is 31.9 Å². The molecule has 0 spiro atoms. The highest BCUT2D eigenvalue weighted by Crippen LogP contribution is 2.26. The molecule has 1 atom stereocenters. The van der Waals surface area contributed by atoms with Crippen molar-refractivity contribution in [3.05, 3.63) is 84.2 Å². The third-order valence-electron chi connectivity index (χ3n) is 6.34. The molecule has 2 amide bonds. The second-order valence-electron chi connectivity index (χ2n) is 9.23. The van der Waals surface area contributed by atoms with Crippen LogP contribution < -0.4 is 19.1 Å². The van der Waals surface area contributed by atoms with Crippen molar-refractivity contribution in [2.75, 3.05) is 31.1 Å². The number of carbonyl (C=O) groups excluding carboxylic acids is 2. The fourth-order valence-electron chi connectivity index (χ4n) is 4.04. The average molecular weight is 586 g/mol. The number of carbonyl (C=O) groups is 2. The molecule has 0 heterocycles. The van der Waals surface area contributed by atoms with E-state index in [2.05, 4.69) is 5.32 Å². The van der Waals surface area contributed by atoms with Gasteiger partial charge >= 0.3 is 0 Å². The van der Waals surface area contributed by atoms with Crippen molar-refractivity contribution in [1.82, 2.24) is 10.2 Å². The molecule has 0 aliphatic rings.